The topological polar surface area (TPSA) is 52.0 Å². The molecule has 1 aromatic rings. The minimum absolute atomic E-state index is 0.660. The van der Waals surface area contributed by atoms with Crippen LogP contribution in [0, 0.1) is 17.2 Å². The zero-order chi connectivity index (χ0) is 14.7. The van der Waals surface area contributed by atoms with Gasteiger partial charge in [0.05, 0.1) is 5.56 Å². The molecule has 0 amide bonds. The molecule has 1 aliphatic carbocycles. The van der Waals surface area contributed by atoms with Gasteiger partial charge in [-0.1, -0.05) is 0 Å². The van der Waals surface area contributed by atoms with Gasteiger partial charge in [-0.2, -0.15) is 5.26 Å². The second-order valence-electron chi connectivity index (χ2n) is 6.46. The van der Waals surface area contributed by atoms with E-state index in [-0.39, 0.29) is 0 Å². The van der Waals surface area contributed by atoms with Gasteiger partial charge >= 0.3 is 0 Å². The summed E-state index contributed by atoms with van der Waals surface area (Å²) in [6.45, 7) is 3.27. The van der Waals surface area contributed by atoms with Crippen molar-refractivity contribution in [2.24, 2.45) is 5.92 Å². The monoisotopic (exact) mass is 284 g/mol. The zero-order valence-corrected chi connectivity index (χ0v) is 12.9. The quantitative estimate of drug-likeness (QED) is 0.927. The van der Waals surface area contributed by atoms with Crippen LogP contribution >= 0.6 is 0 Å². The smallest absolute Gasteiger partial charge is 0.144 e. The van der Waals surface area contributed by atoms with E-state index in [1.807, 2.05) is 0 Å². The number of hydrogen-bond acceptors (Lipinski definition) is 4. The molecule has 4 nitrogen and oxygen atoms in total. The molecule has 1 aromatic heterocycles. The Labute approximate surface area is 127 Å². The van der Waals surface area contributed by atoms with Crippen LogP contribution in [0.3, 0.4) is 0 Å². The Morgan fingerprint density at radius 2 is 2.24 bits per heavy atom. The molecular weight excluding hydrogens is 260 g/mol. The Morgan fingerprint density at radius 1 is 1.38 bits per heavy atom. The third kappa shape index (κ3) is 3.36. The third-order valence-electron chi connectivity index (χ3n) is 4.70. The van der Waals surface area contributed by atoms with Crippen LogP contribution in [0.15, 0.2) is 6.07 Å². The highest BCUT2D eigenvalue weighted by Gasteiger charge is 2.19. The fourth-order valence-corrected chi connectivity index (χ4v) is 3.53. The minimum Gasteiger partial charge on any atom is -0.369 e. The molecule has 1 atom stereocenters. The predicted octanol–water partition coefficient (Wildman–Crippen LogP) is 2.59. The van der Waals surface area contributed by atoms with E-state index in [0.717, 1.165) is 31.7 Å². The molecule has 0 radical (unpaired) electrons. The fourth-order valence-electron chi connectivity index (χ4n) is 3.53. The van der Waals surface area contributed by atoms with E-state index in [9.17, 15) is 5.26 Å². The molecule has 2 heterocycles. The number of nitrogens with one attached hydrogen (secondary N) is 1. The molecular formula is C17H24N4. The summed E-state index contributed by atoms with van der Waals surface area (Å²) in [6.07, 6.45) is 7.11. The van der Waals surface area contributed by atoms with Gasteiger partial charge in [0.1, 0.15) is 11.9 Å². The van der Waals surface area contributed by atoms with Crippen molar-refractivity contribution in [2.45, 2.75) is 38.5 Å². The SMILES string of the molecule is CN1CCCC(CNc2nc3c(cc2C#N)CCCC3)C1. The first-order valence-electron chi connectivity index (χ1n) is 8.11. The number of piperidine rings is 1. The molecule has 112 valence electrons. The molecule has 1 fully saturated rings. The molecule has 1 unspecified atom stereocenters. The summed E-state index contributed by atoms with van der Waals surface area (Å²) in [5.41, 5.74) is 3.18. The van der Waals surface area contributed by atoms with Crippen molar-refractivity contribution in [2.75, 3.05) is 32.0 Å². The first kappa shape index (κ1) is 14.3. The first-order valence-corrected chi connectivity index (χ1v) is 8.11. The highest BCUT2D eigenvalue weighted by molar-refractivity contribution is 5.54. The third-order valence-corrected chi connectivity index (χ3v) is 4.70. The molecule has 4 heteroatoms. The number of nitriles is 1. The number of fused-ring (bicyclic) bond motifs is 1. The lowest BCUT2D eigenvalue weighted by atomic mass is 9.94. The summed E-state index contributed by atoms with van der Waals surface area (Å²) in [5.74, 6) is 1.46. The minimum atomic E-state index is 0.660. The van der Waals surface area contributed by atoms with Crippen LogP contribution in [-0.4, -0.2) is 36.6 Å². The van der Waals surface area contributed by atoms with Crippen LogP contribution in [-0.2, 0) is 12.8 Å². The number of nitrogens with zero attached hydrogens (tertiary/aromatic N) is 3. The van der Waals surface area contributed by atoms with Crippen LogP contribution < -0.4 is 5.32 Å². The van der Waals surface area contributed by atoms with Gasteiger partial charge in [0.2, 0.25) is 0 Å². The first-order chi connectivity index (χ1) is 10.3. The predicted molar refractivity (Wildman–Crippen MR) is 84.3 cm³/mol. The van der Waals surface area contributed by atoms with Crippen LogP contribution in [0.25, 0.3) is 0 Å². The van der Waals surface area contributed by atoms with Crippen molar-refractivity contribution in [1.82, 2.24) is 9.88 Å². The van der Waals surface area contributed by atoms with Gasteiger partial charge in [-0.15, -0.1) is 0 Å². The van der Waals surface area contributed by atoms with Crippen LogP contribution in [0.4, 0.5) is 5.82 Å². The largest absolute Gasteiger partial charge is 0.369 e. The Kier molecular flexibility index (Phi) is 4.40. The van der Waals surface area contributed by atoms with Gasteiger partial charge in [-0.3, -0.25) is 0 Å². The van der Waals surface area contributed by atoms with Crippen LogP contribution in [0.1, 0.15) is 42.5 Å². The maximum Gasteiger partial charge on any atom is 0.144 e. The molecule has 0 bridgehead atoms. The lowest BCUT2D eigenvalue weighted by Crippen LogP contribution is -2.35. The lowest BCUT2D eigenvalue weighted by molar-refractivity contribution is 0.217. The van der Waals surface area contributed by atoms with E-state index in [2.05, 4.69) is 29.4 Å². The van der Waals surface area contributed by atoms with Crippen molar-refractivity contribution in [3.63, 3.8) is 0 Å². The highest BCUT2D eigenvalue weighted by Crippen LogP contribution is 2.25. The van der Waals surface area contributed by atoms with Crippen LogP contribution in [0.2, 0.25) is 0 Å². The number of likely N-dealkylation sites (tertiary alicyclic amines) is 1. The number of pyridine rings is 1. The Bertz CT molecular complexity index is 546. The van der Waals surface area contributed by atoms with Crippen molar-refractivity contribution in [1.29, 1.82) is 5.26 Å². The van der Waals surface area contributed by atoms with Gasteiger partial charge < -0.3 is 10.2 Å². The average molecular weight is 284 g/mol. The van der Waals surface area contributed by atoms with Crippen molar-refractivity contribution < 1.29 is 0 Å². The molecule has 2 aliphatic rings. The molecule has 21 heavy (non-hydrogen) atoms. The molecule has 0 aromatic carbocycles. The van der Waals surface area contributed by atoms with Crippen molar-refractivity contribution >= 4 is 5.82 Å². The molecule has 0 spiro atoms. The van der Waals surface area contributed by atoms with E-state index >= 15 is 0 Å². The van der Waals surface area contributed by atoms with E-state index in [0.29, 0.717) is 11.5 Å². The molecule has 3 rings (SSSR count). The molecule has 1 saturated heterocycles. The standard InChI is InChI=1S/C17H24N4/c1-21-8-4-5-13(12-21)11-19-17-15(10-18)9-14-6-2-3-7-16(14)20-17/h9,13H,2-8,11-12H2,1H3,(H,19,20). The number of hydrogen-bond donors (Lipinski definition) is 1. The van der Waals surface area contributed by atoms with E-state index < -0.39 is 0 Å². The maximum absolute atomic E-state index is 9.36. The van der Waals surface area contributed by atoms with Crippen molar-refractivity contribution in [3.05, 3.63) is 22.9 Å². The normalized spacial score (nSPS) is 22.4. The van der Waals surface area contributed by atoms with E-state index in [1.165, 1.54) is 43.5 Å². The summed E-state index contributed by atoms with van der Waals surface area (Å²) in [5, 5.41) is 12.8. The molecule has 0 saturated carbocycles. The van der Waals surface area contributed by atoms with E-state index in [4.69, 9.17) is 4.98 Å². The Morgan fingerprint density at radius 3 is 3.05 bits per heavy atom. The maximum atomic E-state index is 9.36. The van der Waals surface area contributed by atoms with Gasteiger partial charge in [0, 0.05) is 18.8 Å². The number of aromatic nitrogens is 1. The number of rotatable bonds is 3. The number of aryl methyl sites for hydroxylation is 2. The zero-order valence-electron chi connectivity index (χ0n) is 12.9. The van der Waals surface area contributed by atoms with Gasteiger partial charge in [-0.05, 0) is 69.7 Å². The lowest BCUT2D eigenvalue weighted by Gasteiger charge is -2.30. The summed E-state index contributed by atoms with van der Waals surface area (Å²) in [7, 11) is 2.18. The highest BCUT2D eigenvalue weighted by atomic mass is 15.1. The van der Waals surface area contributed by atoms with Gasteiger partial charge in [0.15, 0.2) is 0 Å². The second-order valence-corrected chi connectivity index (χ2v) is 6.46. The Hall–Kier alpha value is -1.60. The van der Waals surface area contributed by atoms with Gasteiger partial charge in [-0.25, -0.2) is 4.98 Å². The summed E-state index contributed by atoms with van der Waals surface area (Å²) in [6, 6.07) is 4.36. The summed E-state index contributed by atoms with van der Waals surface area (Å²) >= 11 is 0. The average Bonchev–Trinajstić information content (AvgIpc) is 2.52. The Balaban J connectivity index is 1.71. The van der Waals surface area contributed by atoms with Gasteiger partial charge in [0.25, 0.3) is 0 Å². The summed E-state index contributed by atoms with van der Waals surface area (Å²) in [4.78, 5) is 7.13. The molecule has 1 N–H and O–H groups in total. The van der Waals surface area contributed by atoms with Crippen molar-refractivity contribution in [3.8, 4) is 6.07 Å². The fraction of sp³-hybridized carbons (Fsp3) is 0.647. The van der Waals surface area contributed by atoms with E-state index in [1.54, 1.807) is 0 Å². The molecule has 1 aliphatic heterocycles. The van der Waals surface area contributed by atoms with Crippen LogP contribution in [0.5, 0.6) is 0 Å². The summed E-state index contributed by atoms with van der Waals surface area (Å²) < 4.78 is 0. The second kappa shape index (κ2) is 6.44. The number of anilines is 1.